The van der Waals surface area contributed by atoms with E-state index in [1.807, 2.05) is 0 Å². The second kappa shape index (κ2) is 3.37. The maximum Gasteiger partial charge on any atom is 0.144 e. The summed E-state index contributed by atoms with van der Waals surface area (Å²) in [5, 5.41) is 0. The predicted molar refractivity (Wildman–Crippen MR) is 52.8 cm³/mol. The van der Waals surface area contributed by atoms with E-state index < -0.39 is 17.0 Å². The van der Waals surface area contributed by atoms with Gasteiger partial charge < -0.3 is 0 Å². The van der Waals surface area contributed by atoms with E-state index in [-0.39, 0.29) is 5.56 Å². The molecular weight excluding hydrogens is 238 g/mol. The van der Waals surface area contributed by atoms with Gasteiger partial charge in [0.15, 0.2) is 0 Å². The van der Waals surface area contributed by atoms with Crippen LogP contribution in [-0.4, -0.2) is 0 Å². The Bertz CT molecular complexity index is 326. The third-order valence-electron chi connectivity index (χ3n) is 1.79. The molecule has 0 aliphatic carbocycles. The zero-order valence-corrected chi connectivity index (χ0v) is 9.37. The first-order chi connectivity index (χ1) is 5.84. The summed E-state index contributed by atoms with van der Waals surface area (Å²) in [5.41, 5.74) is -0.389. The lowest BCUT2D eigenvalue weighted by atomic mass is 9.86. The molecule has 0 aromatic heterocycles. The lowest BCUT2D eigenvalue weighted by Gasteiger charge is -2.20. The van der Waals surface area contributed by atoms with E-state index in [9.17, 15) is 8.78 Å². The molecule has 13 heavy (non-hydrogen) atoms. The zero-order valence-electron chi connectivity index (χ0n) is 7.79. The molecule has 0 unspecified atom stereocenters. The minimum absolute atomic E-state index is 0.127. The van der Waals surface area contributed by atoms with E-state index in [2.05, 4.69) is 15.9 Å². The van der Waals surface area contributed by atoms with Gasteiger partial charge in [0.25, 0.3) is 0 Å². The third kappa shape index (κ3) is 2.08. The first-order valence-electron chi connectivity index (χ1n) is 3.98. The Labute approximate surface area is 85.1 Å². The van der Waals surface area contributed by atoms with Crippen molar-refractivity contribution in [3.63, 3.8) is 0 Å². The highest BCUT2D eigenvalue weighted by Crippen LogP contribution is 2.31. The fourth-order valence-corrected chi connectivity index (χ4v) is 1.54. The SMILES string of the molecule is CC(C)(C)c1c(F)ccc(Br)c1F. The molecule has 0 amide bonds. The fraction of sp³-hybridized carbons (Fsp3) is 0.400. The molecule has 0 spiro atoms. The summed E-state index contributed by atoms with van der Waals surface area (Å²) in [6.45, 7) is 5.34. The molecule has 0 heterocycles. The van der Waals surface area contributed by atoms with E-state index in [0.29, 0.717) is 4.47 Å². The highest BCUT2D eigenvalue weighted by molar-refractivity contribution is 9.10. The van der Waals surface area contributed by atoms with Crippen molar-refractivity contribution in [1.29, 1.82) is 0 Å². The topological polar surface area (TPSA) is 0 Å². The van der Waals surface area contributed by atoms with E-state index in [1.54, 1.807) is 20.8 Å². The number of hydrogen-bond acceptors (Lipinski definition) is 0. The Balaban J connectivity index is 3.43. The summed E-state index contributed by atoms with van der Waals surface area (Å²) in [6.07, 6.45) is 0. The van der Waals surface area contributed by atoms with Crippen molar-refractivity contribution in [1.82, 2.24) is 0 Å². The van der Waals surface area contributed by atoms with Crippen LogP contribution < -0.4 is 0 Å². The predicted octanol–water partition coefficient (Wildman–Crippen LogP) is 4.02. The van der Waals surface area contributed by atoms with Gasteiger partial charge in [-0.05, 0) is 33.5 Å². The molecule has 0 fully saturated rings. The molecule has 1 aromatic rings. The first kappa shape index (κ1) is 10.6. The van der Waals surface area contributed by atoms with Gasteiger partial charge in [-0.25, -0.2) is 8.78 Å². The van der Waals surface area contributed by atoms with Crippen LogP contribution in [0.4, 0.5) is 8.78 Å². The van der Waals surface area contributed by atoms with Gasteiger partial charge in [0, 0.05) is 5.56 Å². The highest BCUT2D eigenvalue weighted by atomic mass is 79.9. The van der Waals surface area contributed by atoms with Crippen molar-refractivity contribution in [3.05, 3.63) is 33.8 Å². The average molecular weight is 249 g/mol. The Morgan fingerprint density at radius 3 is 2.08 bits per heavy atom. The lowest BCUT2D eigenvalue weighted by molar-refractivity contribution is 0.473. The van der Waals surface area contributed by atoms with Crippen molar-refractivity contribution in [2.24, 2.45) is 0 Å². The molecule has 3 heteroatoms. The quantitative estimate of drug-likeness (QED) is 0.609. The van der Waals surface area contributed by atoms with Crippen LogP contribution in [0.2, 0.25) is 0 Å². The van der Waals surface area contributed by atoms with Gasteiger partial charge in [0.05, 0.1) is 4.47 Å². The Morgan fingerprint density at radius 2 is 1.69 bits per heavy atom. The van der Waals surface area contributed by atoms with Gasteiger partial charge >= 0.3 is 0 Å². The minimum atomic E-state index is -0.516. The second-order valence-corrected chi connectivity index (χ2v) is 4.82. The first-order valence-corrected chi connectivity index (χ1v) is 4.77. The van der Waals surface area contributed by atoms with Gasteiger partial charge in [0.2, 0.25) is 0 Å². The molecule has 0 N–H and O–H groups in total. The van der Waals surface area contributed by atoms with Gasteiger partial charge in [0.1, 0.15) is 11.6 Å². The molecule has 0 bridgehead atoms. The van der Waals surface area contributed by atoms with Crippen LogP contribution in [0.1, 0.15) is 26.3 Å². The van der Waals surface area contributed by atoms with Crippen molar-refractivity contribution in [2.75, 3.05) is 0 Å². The van der Waals surface area contributed by atoms with Gasteiger partial charge in [-0.15, -0.1) is 0 Å². The second-order valence-electron chi connectivity index (χ2n) is 3.97. The van der Waals surface area contributed by atoms with Crippen LogP contribution >= 0.6 is 15.9 Å². The summed E-state index contributed by atoms with van der Waals surface area (Å²) in [6, 6.07) is 2.65. The molecule has 72 valence electrons. The largest absolute Gasteiger partial charge is 0.207 e. The normalized spacial score (nSPS) is 11.8. The summed E-state index contributed by atoms with van der Waals surface area (Å²) in [4.78, 5) is 0. The highest BCUT2D eigenvalue weighted by Gasteiger charge is 2.24. The summed E-state index contributed by atoms with van der Waals surface area (Å²) >= 11 is 3.03. The standard InChI is InChI=1S/C10H11BrF2/c1-10(2,3)8-7(12)5-4-6(11)9(8)13/h4-5H,1-3H3. The lowest BCUT2D eigenvalue weighted by Crippen LogP contribution is -2.16. The van der Waals surface area contributed by atoms with Crippen LogP contribution in [0.5, 0.6) is 0 Å². The van der Waals surface area contributed by atoms with E-state index in [0.717, 1.165) is 0 Å². The maximum atomic E-state index is 13.5. The van der Waals surface area contributed by atoms with Gasteiger partial charge in [-0.2, -0.15) is 0 Å². The Hall–Kier alpha value is -0.440. The van der Waals surface area contributed by atoms with E-state index in [1.165, 1.54) is 12.1 Å². The zero-order chi connectivity index (χ0) is 10.2. The van der Waals surface area contributed by atoms with E-state index >= 15 is 0 Å². The average Bonchev–Trinajstić information content (AvgIpc) is 1.95. The van der Waals surface area contributed by atoms with Crippen LogP contribution in [0.3, 0.4) is 0 Å². The number of hydrogen-bond donors (Lipinski definition) is 0. The van der Waals surface area contributed by atoms with Crippen molar-refractivity contribution < 1.29 is 8.78 Å². The van der Waals surface area contributed by atoms with Crippen molar-refractivity contribution >= 4 is 15.9 Å². The van der Waals surface area contributed by atoms with Gasteiger partial charge in [-0.3, -0.25) is 0 Å². The number of rotatable bonds is 0. The van der Waals surface area contributed by atoms with Crippen LogP contribution in [0.25, 0.3) is 0 Å². The maximum absolute atomic E-state index is 13.5. The Morgan fingerprint density at radius 1 is 1.15 bits per heavy atom. The van der Waals surface area contributed by atoms with E-state index in [4.69, 9.17) is 0 Å². The molecule has 0 atom stereocenters. The molecule has 0 aliphatic rings. The minimum Gasteiger partial charge on any atom is -0.207 e. The molecule has 0 radical (unpaired) electrons. The fourth-order valence-electron chi connectivity index (χ4n) is 1.21. The van der Waals surface area contributed by atoms with Crippen LogP contribution in [0, 0.1) is 11.6 Å². The monoisotopic (exact) mass is 248 g/mol. The molecule has 1 rings (SSSR count). The summed E-state index contributed by atoms with van der Waals surface area (Å²) in [5.74, 6) is -0.999. The molecule has 1 aromatic carbocycles. The Kier molecular flexibility index (Phi) is 2.76. The van der Waals surface area contributed by atoms with Crippen LogP contribution in [0.15, 0.2) is 16.6 Å². The van der Waals surface area contributed by atoms with Crippen molar-refractivity contribution in [3.8, 4) is 0 Å². The molecular formula is C10H11BrF2. The molecule has 0 saturated carbocycles. The summed E-state index contributed by atoms with van der Waals surface area (Å²) in [7, 11) is 0. The number of benzene rings is 1. The van der Waals surface area contributed by atoms with Gasteiger partial charge in [-0.1, -0.05) is 20.8 Å². The molecule has 0 nitrogen and oxygen atoms in total. The van der Waals surface area contributed by atoms with Crippen molar-refractivity contribution in [2.45, 2.75) is 26.2 Å². The molecule has 0 saturated heterocycles. The smallest absolute Gasteiger partial charge is 0.144 e. The van der Waals surface area contributed by atoms with Crippen LogP contribution in [-0.2, 0) is 5.41 Å². The summed E-state index contributed by atoms with van der Waals surface area (Å²) < 4.78 is 27.0. The third-order valence-corrected chi connectivity index (χ3v) is 2.41. The number of halogens is 3. The molecule has 0 aliphatic heterocycles.